The first-order valence-corrected chi connectivity index (χ1v) is 9.93. The van der Waals surface area contributed by atoms with Crippen molar-refractivity contribution in [2.75, 3.05) is 5.32 Å². The van der Waals surface area contributed by atoms with Gasteiger partial charge < -0.3 is 19.7 Å². The second-order valence-electron chi connectivity index (χ2n) is 7.34. The summed E-state index contributed by atoms with van der Waals surface area (Å²) in [6.07, 6.45) is 3.75. The summed E-state index contributed by atoms with van der Waals surface area (Å²) in [5.41, 5.74) is 5.89. The second kappa shape index (κ2) is 8.84. The summed E-state index contributed by atoms with van der Waals surface area (Å²) < 4.78 is 8.00. The number of aromatic nitrogens is 2. The van der Waals surface area contributed by atoms with Gasteiger partial charge >= 0.3 is 0 Å². The van der Waals surface area contributed by atoms with Crippen LogP contribution in [0.5, 0.6) is 11.5 Å². The summed E-state index contributed by atoms with van der Waals surface area (Å²) in [5.74, 6) is 1.67. The Kier molecular flexibility index (Phi) is 5.82. The molecule has 0 bridgehead atoms. The molecule has 0 aliphatic carbocycles. The lowest BCUT2D eigenvalue weighted by atomic mass is 10.1. The Morgan fingerprint density at radius 2 is 1.80 bits per heavy atom. The number of benzene rings is 3. The number of ether oxygens (including phenoxy) is 1. The zero-order valence-electron chi connectivity index (χ0n) is 17.2. The van der Waals surface area contributed by atoms with Gasteiger partial charge in [-0.05, 0) is 66.9 Å². The lowest BCUT2D eigenvalue weighted by Crippen LogP contribution is -2.03. The van der Waals surface area contributed by atoms with E-state index >= 15 is 0 Å². The van der Waals surface area contributed by atoms with Crippen molar-refractivity contribution >= 4 is 5.69 Å². The number of nitrogens with one attached hydrogen (secondary N) is 1. The van der Waals surface area contributed by atoms with E-state index in [-0.39, 0.29) is 6.61 Å². The summed E-state index contributed by atoms with van der Waals surface area (Å²) >= 11 is 0. The molecule has 30 heavy (non-hydrogen) atoms. The van der Waals surface area contributed by atoms with Crippen LogP contribution in [0.25, 0.3) is 5.69 Å². The Balaban J connectivity index is 1.52. The fourth-order valence-electron chi connectivity index (χ4n) is 3.26. The number of anilines is 1. The number of hydrogen-bond acceptors (Lipinski definition) is 4. The molecule has 0 amide bonds. The first-order valence-electron chi connectivity index (χ1n) is 9.93. The van der Waals surface area contributed by atoms with Gasteiger partial charge in [0.05, 0.1) is 18.6 Å². The smallest absolute Gasteiger partial charge is 0.130 e. The topological polar surface area (TPSA) is 59.3 Å². The summed E-state index contributed by atoms with van der Waals surface area (Å²) in [6, 6.07) is 22.0. The van der Waals surface area contributed by atoms with E-state index < -0.39 is 0 Å². The van der Waals surface area contributed by atoms with Gasteiger partial charge in [0.1, 0.15) is 11.5 Å². The van der Waals surface area contributed by atoms with Crippen molar-refractivity contribution in [2.24, 2.45) is 0 Å². The first-order chi connectivity index (χ1) is 14.6. The maximum atomic E-state index is 9.66. The Morgan fingerprint density at radius 3 is 2.53 bits per heavy atom. The van der Waals surface area contributed by atoms with Crippen LogP contribution in [0.4, 0.5) is 5.69 Å². The number of aliphatic hydroxyl groups excluding tert-OH is 1. The van der Waals surface area contributed by atoms with E-state index in [9.17, 15) is 5.11 Å². The Labute approximate surface area is 176 Å². The van der Waals surface area contributed by atoms with Gasteiger partial charge in [-0.15, -0.1) is 0 Å². The molecule has 2 N–H and O–H groups in total. The Bertz CT molecular complexity index is 1140. The van der Waals surface area contributed by atoms with E-state index in [1.165, 1.54) is 0 Å². The summed E-state index contributed by atoms with van der Waals surface area (Å²) in [7, 11) is 0. The molecule has 1 heterocycles. The molecule has 0 radical (unpaired) electrons. The summed E-state index contributed by atoms with van der Waals surface area (Å²) in [5, 5.41) is 13.1. The molecule has 4 rings (SSSR count). The molecule has 0 atom stereocenters. The van der Waals surface area contributed by atoms with Gasteiger partial charge in [0.25, 0.3) is 0 Å². The average Bonchev–Trinajstić information content (AvgIpc) is 3.21. The summed E-state index contributed by atoms with van der Waals surface area (Å²) in [4.78, 5) is 4.29. The van der Waals surface area contributed by atoms with Gasteiger partial charge in [-0.2, -0.15) is 0 Å². The highest BCUT2D eigenvalue weighted by atomic mass is 16.5. The van der Waals surface area contributed by atoms with Crippen LogP contribution >= 0.6 is 0 Å². The van der Waals surface area contributed by atoms with Crippen LogP contribution in [0, 0.1) is 13.8 Å². The number of nitrogens with zero attached hydrogens (tertiary/aromatic N) is 2. The number of para-hydroxylation sites is 1. The number of rotatable bonds is 7. The Hall–Kier alpha value is -3.57. The third-order valence-electron chi connectivity index (χ3n) is 4.89. The normalized spacial score (nSPS) is 10.8. The van der Waals surface area contributed by atoms with Crippen LogP contribution < -0.4 is 10.1 Å². The lowest BCUT2D eigenvalue weighted by Gasteiger charge is -2.14. The molecule has 0 aliphatic rings. The van der Waals surface area contributed by atoms with Crippen LogP contribution in [0.2, 0.25) is 0 Å². The second-order valence-corrected chi connectivity index (χ2v) is 7.34. The maximum absolute atomic E-state index is 9.66. The standard InChI is InChI=1S/C25H25N3O2/c1-18-8-9-20(12-25(18)30-24-6-4-3-5-7-24)14-26-22-10-21(16-29)11-23(13-22)28-15-19(2)27-17-28/h3-13,15,17,26,29H,14,16H2,1-2H3. The van der Waals surface area contributed by atoms with Crippen LogP contribution in [-0.4, -0.2) is 14.7 Å². The lowest BCUT2D eigenvalue weighted by molar-refractivity contribution is 0.282. The molecular weight excluding hydrogens is 374 g/mol. The third kappa shape index (κ3) is 4.70. The van der Waals surface area contributed by atoms with Gasteiger partial charge in [0.15, 0.2) is 0 Å². The summed E-state index contributed by atoms with van der Waals surface area (Å²) in [6.45, 7) is 4.62. The molecule has 1 aromatic heterocycles. The minimum Gasteiger partial charge on any atom is -0.457 e. The maximum Gasteiger partial charge on any atom is 0.130 e. The van der Waals surface area contributed by atoms with E-state index in [0.29, 0.717) is 6.54 Å². The molecule has 0 saturated carbocycles. The molecular formula is C25H25N3O2. The van der Waals surface area contributed by atoms with Crippen molar-refractivity contribution in [3.63, 3.8) is 0 Å². The fourth-order valence-corrected chi connectivity index (χ4v) is 3.26. The van der Waals surface area contributed by atoms with Crippen LogP contribution in [0.1, 0.15) is 22.4 Å². The van der Waals surface area contributed by atoms with Gasteiger partial charge in [0.2, 0.25) is 0 Å². The molecule has 0 fully saturated rings. The molecule has 4 aromatic rings. The molecule has 5 heteroatoms. The SMILES string of the molecule is Cc1cn(-c2cc(CO)cc(NCc3ccc(C)c(Oc4ccccc4)c3)c2)cn1. The van der Waals surface area contributed by atoms with E-state index in [1.807, 2.05) is 67.1 Å². The molecule has 3 aromatic carbocycles. The van der Waals surface area contributed by atoms with Crippen molar-refractivity contribution in [3.05, 3.63) is 102 Å². The molecule has 5 nitrogen and oxygen atoms in total. The molecule has 152 valence electrons. The largest absolute Gasteiger partial charge is 0.457 e. The zero-order valence-corrected chi connectivity index (χ0v) is 17.2. The van der Waals surface area contributed by atoms with Crippen molar-refractivity contribution < 1.29 is 9.84 Å². The fraction of sp³-hybridized carbons (Fsp3) is 0.160. The van der Waals surface area contributed by atoms with E-state index in [4.69, 9.17) is 4.74 Å². The van der Waals surface area contributed by atoms with Crippen molar-refractivity contribution in [3.8, 4) is 17.2 Å². The van der Waals surface area contributed by atoms with Gasteiger partial charge in [-0.3, -0.25) is 0 Å². The predicted octanol–water partition coefficient (Wildman–Crippen LogP) is 5.39. The van der Waals surface area contributed by atoms with E-state index in [1.54, 1.807) is 6.33 Å². The minimum atomic E-state index is -0.0181. The monoisotopic (exact) mass is 399 g/mol. The molecule has 0 unspecified atom stereocenters. The predicted molar refractivity (Wildman–Crippen MR) is 119 cm³/mol. The van der Waals surface area contributed by atoms with Gasteiger partial charge in [0, 0.05) is 24.1 Å². The highest BCUT2D eigenvalue weighted by molar-refractivity contribution is 5.54. The number of aliphatic hydroxyl groups is 1. The quantitative estimate of drug-likeness (QED) is 0.438. The molecule has 0 spiro atoms. The van der Waals surface area contributed by atoms with Crippen LogP contribution in [-0.2, 0) is 13.2 Å². The molecule has 0 saturated heterocycles. The number of hydrogen-bond donors (Lipinski definition) is 2. The van der Waals surface area contributed by atoms with Crippen molar-refractivity contribution in [2.45, 2.75) is 27.0 Å². The highest BCUT2D eigenvalue weighted by Gasteiger charge is 2.06. The van der Waals surface area contributed by atoms with Crippen molar-refractivity contribution in [1.82, 2.24) is 9.55 Å². The molecule has 0 aliphatic heterocycles. The number of aryl methyl sites for hydroxylation is 2. The van der Waals surface area contributed by atoms with Gasteiger partial charge in [-0.25, -0.2) is 4.98 Å². The average molecular weight is 399 g/mol. The minimum absolute atomic E-state index is 0.0181. The zero-order chi connectivity index (χ0) is 20.9. The highest BCUT2D eigenvalue weighted by Crippen LogP contribution is 2.27. The van der Waals surface area contributed by atoms with Crippen LogP contribution in [0.3, 0.4) is 0 Å². The Morgan fingerprint density at radius 1 is 0.967 bits per heavy atom. The van der Waals surface area contributed by atoms with E-state index in [0.717, 1.165) is 45.3 Å². The first kappa shape index (κ1) is 19.7. The third-order valence-corrected chi connectivity index (χ3v) is 4.89. The van der Waals surface area contributed by atoms with Crippen molar-refractivity contribution in [1.29, 1.82) is 0 Å². The van der Waals surface area contributed by atoms with E-state index in [2.05, 4.69) is 34.6 Å². The van der Waals surface area contributed by atoms with Crippen LogP contribution in [0.15, 0.2) is 79.3 Å². The van der Waals surface area contributed by atoms with Gasteiger partial charge in [-0.1, -0.05) is 30.3 Å². The number of imidazole rings is 1.